The largest absolute Gasteiger partial charge is 0.213 e. The Labute approximate surface area is 96.2 Å². The molecule has 7 heteroatoms. The number of aryl methyl sites for hydroxylation is 1. The predicted octanol–water partition coefficient (Wildman–Crippen LogP) is 1.95. The molecule has 0 saturated heterocycles. The molecule has 1 unspecified atom stereocenters. The molecule has 82 valence electrons. The number of hydrogen-bond acceptors (Lipinski definition) is 5. The summed E-state index contributed by atoms with van der Waals surface area (Å²) in [5.41, 5.74) is 0.578. The molecule has 0 aliphatic carbocycles. The number of tetrazole rings is 1. The Kier molecular flexibility index (Phi) is 2.91. The van der Waals surface area contributed by atoms with E-state index >= 15 is 0 Å². The molecule has 0 saturated carbocycles. The van der Waals surface area contributed by atoms with Crippen LogP contribution in [0.25, 0.3) is 0 Å². The predicted molar refractivity (Wildman–Crippen MR) is 57.9 cm³/mol. The SMILES string of the molecule is Cc1nnnn1C(N=O)c1ccccc1Cl. The molecule has 6 nitrogen and oxygen atoms in total. The summed E-state index contributed by atoms with van der Waals surface area (Å²) in [4.78, 5) is 10.9. The van der Waals surface area contributed by atoms with Crippen molar-refractivity contribution in [2.45, 2.75) is 13.1 Å². The maximum Gasteiger partial charge on any atom is 0.213 e. The lowest BCUT2D eigenvalue weighted by atomic mass is 10.2. The second-order valence-electron chi connectivity index (χ2n) is 3.17. The summed E-state index contributed by atoms with van der Waals surface area (Å²) >= 11 is 5.99. The first-order chi connectivity index (χ1) is 7.74. The zero-order valence-electron chi connectivity index (χ0n) is 8.41. The van der Waals surface area contributed by atoms with E-state index in [0.29, 0.717) is 16.4 Å². The number of hydrogen-bond donors (Lipinski definition) is 0. The quantitative estimate of drug-likeness (QED) is 0.765. The van der Waals surface area contributed by atoms with Gasteiger partial charge in [0.05, 0.1) is 0 Å². The van der Waals surface area contributed by atoms with Crippen molar-refractivity contribution in [3.8, 4) is 0 Å². The second-order valence-corrected chi connectivity index (χ2v) is 3.58. The van der Waals surface area contributed by atoms with Gasteiger partial charge < -0.3 is 0 Å². The molecule has 0 aliphatic heterocycles. The average molecular weight is 238 g/mol. The molecule has 0 aliphatic rings. The fourth-order valence-corrected chi connectivity index (χ4v) is 1.62. The van der Waals surface area contributed by atoms with E-state index in [4.69, 9.17) is 11.6 Å². The maximum absolute atomic E-state index is 10.9. The van der Waals surface area contributed by atoms with Crippen LogP contribution in [0.4, 0.5) is 0 Å². The molecule has 1 aromatic heterocycles. The summed E-state index contributed by atoms with van der Waals surface area (Å²) in [6.07, 6.45) is -0.830. The summed E-state index contributed by atoms with van der Waals surface area (Å²) in [7, 11) is 0. The van der Waals surface area contributed by atoms with E-state index in [2.05, 4.69) is 20.7 Å². The minimum absolute atomic E-state index is 0.460. The standard InChI is InChI=1S/C9H8ClN5O/c1-6-11-13-14-15(6)9(12-16)7-4-2-3-5-8(7)10/h2-5,9H,1H3. The van der Waals surface area contributed by atoms with Crippen LogP contribution >= 0.6 is 11.6 Å². The van der Waals surface area contributed by atoms with Gasteiger partial charge >= 0.3 is 0 Å². The molecule has 0 radical (unpaired) electrons. The van der Waals surface area contributed by atoms with Crippen LogP contribution in [0.3, 0.4) is 0 Å². The van der Waals surface area contributed by atoms with Gasteiger partial charge in [-0.15, -0.1) is 10.0 Å². The zero-order valence-corrected chi connectivity index (χ0v) is 9.16. The van der Waals surface area contributed by atoms with E-state index in [1.165, 1.54) is 4.68 Å². The number of rotatable bonds is 3. The lowest BCUT2D eigenvalue weighted by molar-refractivity contribution is 0.510. The van der Waals surface area contributed by atoms with Gasteiger partial charge in [0.25, 0.3) is 0 Å². The summed E-state index contributed by atoms with van der Waals surface area (Å²) in [6, 6.07) is 6.96. The Morgan fingerprint density at radius 2 is 2.19 bits per heavy atom. The van der Waals surface area contributed by atoms with Gasteiger partial charge in [0, 0.05) is 10.6 Å². The maximum atomic E-state index is 10.9. The van der Waals surface area contributed by atoms with Crippen molar-refractivity contribution in [2.24, 2.45) is 5.18 Å². The topological polar surface area (TPSA) is 73.0 Å². The molecular formula is C9H8ClN5O. The Balaban J connectivity index is 2.49. The number of halogens is 1. The summed E-state index contributed by atoms with van der Waals surface area (Å²) in [5.74, 6) is 0.504. The Hall–Kier alpha value is -1.82. The second kappa shape index (κ2) is 4.36. The van der Waals surface area contributed by atoms with Gasteiger partial charge in [-0.05, 0) is 28.6 Å². The van der Waals surface area contributed by atoms with Crippen molar-refractivity contribution < 1.29 is 0 Å². The van der Waals surface area contributed by atoms with Crippen molar-refractivity contribution in [3.05, 3.63) is 45.6 Å². The number of nitroso groups, excluding NO2 is 1. The van der Waals surface area contributed by atoms with E-state index in [-0.39, 0.29) is 0 Å². The first kappa shape index (κ1) is 10.7. The summed E-state index contributed by atoms with van der Waals surface area (Å²) < 4.78 is 1.33. The van der Waals surface area contributed by atoms with Gasteiger partial charge in [-0.2, -0.15) is 4.68 Å². The monoisotopic (exact) mass is 237 g/mol. The van der Waals surface area contributed by atoms with Gasteiger partial charge in [0.1, 0.15) is 0 Å². The first-order valence-corrected chi connectivity index (χ1v) is 4.93. The van der Waals surface area contributed by atoms with Crippen LogP contribution < -0.4 is 0 Å². The highest BCUT2D eigenvalue weighted by molar-refractivity contribution is 6.31. The van der Waals surface area contributed by atoms with Crippen LogP contribution in [0.2, 0.25) is 5.02 Å². The van der Waals surface area contributed by atoms with Crippen molar-refractivity contribution in [3.63, 3.8) is 0 Å². The van der Waals surface area contributed by atoms with Crippen LogP contribution in [0.15, 0.2) is 29.4 Å². The Bertz CT molecular complexity index is 512. The van der Waals surface area contributed by atoms with Gasteiger partial charge in [0.2, 0.25) is 6.17 Å². The molecule has 1 heterocycles. The van der Waals surface area contributed by atoms with Crippen molar-refractivity contribution in [2.75, 3.05) is 0 Å². The molecule has 2 rings (SSSR count). The Morgan fingerprint density at radius 3 is 2.75 bits per heavy atom. The van der Waals surface area contributed by atoms with Gasteiger partial charge in [-0.3, -0.25) is 0 Å². The number of nitrogens with zero attached hydrogens (tertiary/aromatic N) is 5. The highest BCUT2D eigenvalue weighted by Gasteiger charge is 2.20. The van der Waals surface area contributed by atoms with Crippen LogP contribution in [-0.2, 0) is 0 Å². The average Bonchev–Trinajstić information content (AvgIpc) is 2.69. The van der Waals surface area contributed by atoms with Crippen molar-refractivity contribution >= 4 is 11.6 Å². The molecule has 0 spiro atoms. The third-order valence-corrected chi connectivity index (χ3v) is 2.52. The first-order valence-electron chi connectivity index (χ1n) is 4.55. The number of benzene rings is 1. The molecule has 0 N–H and O–H groups in total. The Morgan fingerprint density at radius 1 is 1.44 bits per heavy atom. The summed E-state index contributed by atoms with van der Waals surface area (Å²) in [6.45, 7) is 1.69. The van der Waals surface area contributed by atoms with E-state index in [9.17, 15) is 4.91 Å². The molecular weight excluding hydrogens is 230 g/mol. The minimum atomic E-state index is -0.830. The highest BCUT2D eigenvalue weighted by Crippen LogP contribution is 2.26. The van der Waals surface area contributed by atoms with Crippen molar-refractivity contribution in [1.82, 2.24) is 20.2 Å². The molecule has 1 atom stereocenters. The van der Waals surface area contributed by atoms with Gasteiger partial charge in [0.15, 0.2) is 5.82 Å². The van der Waals surface area contributed by atoms with Crippen LogP contribution in [0.5, 0.6) is 0 Å². The molecule has 1 aromatic carbocycles. The van der Waals surface area contributed by atoms with Gasteiger partial charge in [-0.25, -0.2) is 0 Å². The lowest BCUT2D eigenvalue weighted by Gasteiger charge is -2.11. The van der Waals surface area contributed by atoms with E-state index in [1.54, 1.807) is 31.2 Å². The fraction of sp³-hybridized carbons (Fsp3) is 0.222. The van der Waals surface area contributed by atoms with E-state index in [1.807, 2.05) is 0 Å². The minimum Gasteiger partial charge on any atom is -0.197 e. The summed E-state index contributed by atoms with van der Waals surface area (Å²) in [5, 5.41) is 14.3. The van der Waals surface area contributed by atoms with Crippen LogP contribution in [0.1, 0.15) is 17.6 Å². The third kappa shape index (κ3) is 1.79. The number of aromatic nitrogens is 4. The van der Waals surface area contributed by atoms with Gasteiger partial charge in [-0.1, -0.05) is 29.8 Å². The highest BCUT2D eigenvalue weighted by atomic mass is 35.5. The molecule has 0 fully saturated rings. The van der Waals surface area contributed by atoms with E-state index < -0.39 is 6.17 Å². The molecule has 0 amide bonds. The third-order valence-electron chi connectivity index (χ3n) is 2.17. The zero-order chi connectivity index (χ0) is 11.5. The van der Waals surface area contributed by atoms with E-state index in [0.717, 1.165) is 0 Å². The molecule has 0 bridgehead atoms. The normalized spacial score (nSPS) is 12.4. The fourth-order valence-electron chi connectivity index (χ4n) is 1.38. The van der Waals surface area contributed by atoms with Crippen LogP contribution in [0, 0.1) is 11.8 Å². The smallest absolute Gasteiger partial charge is 0.197 e. The molecule has 2 aromatic rings. The van der Waals surface area contributed by atoms with Crippen LogP contribution in [-0.4, -0.2) is 20.2 Å². The molecule has 16 heavy (non-hydrogen) atoms. The lowest BCUT2D eigenvalue weighted by Crippen LogP contribution is -2.12. The van der Waals surface area contributed by atoms with Crippen molar-refractivity contribution in [1.29, 1.82) is 0 Å².